The molecule has 0 aliphatic carbocycles. The predicted molar refractivity (Wildman–Crippen MR) is 109 cm³/mol. The van der Waals surface area contributed by atoms with Crippen molar-refractivity contribution in [1.29, 1.82) is 0 Å². The zero-order valence-corrected chi connectivity index (χ0v) is 15.8. The molecule has 1 N–H and O–H groups in total. The normalized spacial score (nSPS) is 18.3. The predicted octanol–water partition coefficient (Wildman–Crippen LogP) is 5.11. The molecule has 0 aromatic heterocycles. The average Bonchev–Trinajstić information content (AvgIpc) is 2.99. The average molecular weight is 408 g/mol. The fourth-order valence-electron chi connectivity index (χ4n) is 3.44. The molecule has 3 aromatic rings. The van der Waals surface area contributed by atoms with Gasteiger partial charge in [-0.25, -0.2) is 4.39 Å². The first kappa shape index (κ1) is 18.9. The van der Waals surface area contributed by atoms with Gasteiger partial charge in [0.2, 0.25) is 0 Å². The molecule has 0 radical (unpaired) electrons. The van der Waals surface area contributed by atoms with Gasteiger partial charge < -0.3 is 5.11 Å². The number of halogens is 2. The fraction of sp³-hybridized carbons (Fsp3) is 0.0435. The monoisotopic (exact) mass is 407 g/mol. The van der Waals surface area contributed by atoms with Gasteiger partial charge in [0.05, 0.1) is 11.6 Å². The maximum atomic E-state index is 13.5. The lowest BCUT2D eigenvalue weighted by Crippen LogP contribution is -2.29. The van der Waals surface area contributed by atoms with E-state index >= 15 is 0 Å². The number of hydrogen-bond acceptors (Lipinski definition) is 3. The van der Waals surface area contributed by atoms with Crippen LogP contribution in [0.2, 0.25) is 5.02 Å². The van der Waals surface area contributed by atoms with E-state index in [4.69, 9.17) is 11.6 Å². The molecule has 29 heavy (non-hydrogen) atoms. The van der Waals surface area contributed by atoms with Gasteiger partial charge >= 0.3 is 0 Å². The van der Waals surface area contributed by atoms with E-state index in [2.05, 4.69) is 0 Å². The standard InChI is InChI=1S/C23H15ClFNO3/c24-16-7-4-8-18(13-16)26-20(14-9-11-17(25)12-10-14)19(22(28)23(26)29)21(27)15-5-2-1-3-6-15/h1-13,20,27H/b21-19+/t20-/m1/s1. The van der Waals surface area contributed by atoms with Crippen LogP contribution in [-0.4, -0.2) is 16.8 Å². The first-order valence-electron chi connectivity index (χ1n) is 8.85. The lowest BCUT2D eigenvalue weighted by Gasteiger charge is -2.25. The number of hydrogen-bond donors (Lipinski definition) is 1. The molecular weight excluding hydrogens is 393 g/mol. The number of amides is 1. The van der Waals surface area contributed by atoms with Gasteiger partial charge in [-0.1, -0.05) is 60.1 Å². The van der Waals surface area contributed by atoms with E-state index < -0.39 is 23.5 Å². The summed E-state index contributed by atoms with van der Waals surface area (Å²) in [6.45, 7) is 0. The van der Waals surface area contributed by atoms with Gasteiger partial charge in [-0.2, -0.15) is 0 Å². The Hall–Kier alpha value is -3.44. The Morgan fingerprint density at radius 2 is 1.62 bits per heavy atom. The third-order valence-corrected chi connectivity index (χ3v) is 5.00. The number of nitrogens with zero attached hydrogens (tertiary/aromatic N) is 1. The number of Topliss-reactive ketones (excluding diaryl/α,β-unsaturated/α-hetero) is 1. The Kier molecular flexibility index (Phi) is 4.91. The molecule has 1 aliphatic heterocycles. The fourth-order valence-corrected chi connectivity index (χ4v) is 3.62. The molecule has 1 heterocycles. The van der Waals surface area contributed by atoms with Crippen LogP contribution >= 0.6 is 11.6 Å². The summed E-state index contributed by atoms with van der Waals surface area (Å²) in [5.41, 5.74) is 1.24. The summed E-state index contributed by atoms with van der Waals surface area (Å²) in [5.74, 6) is -2.35. The van der Waals surface area contributed by atoms with Crippen LogP contribution in [-0.2, 0) is 9.59 Å². The van der Waals surface area contributed by atoms with E-state index in [1.807, 2.05) is 0 Å². The lowest BCUT2D eigenvalue weighted by atomic mass is 9.95. The molecule has 144 valence electrons. The van der Waals surface area contributed by atoms with E-state index in [1.54, 1.807) is 54.6 Å². The topological polar surface area (TPSA) is 57.6 Å². The van der Waals surface area contributed by atoms with Crippen molar-refractivity contribution < 1.29 is 19.1 Å². The first-order chi connectivity index (χ1) is 14.0. The number of aliphatic hydroxyl groups is 1. The highest BCUT2D eigenvalue weighted by Crippen LogP contribution is 2.42. The minimum atomic E-state index is -0.922. The van der Waals surface area contributed by atoms with Crippen LogP contribution in [0.15, 0.2) is 84.4 Å². The van der Waals surface area contributed by atoms with Crippen LogP contribution in [0.1, 0.15) is 17.2 Å². The highest BCUT2D eigenvalue weighted by atomic mass is 35.5. The van der Waals surface area contributed by atoms with Gasteiger partial charge in [0.15, 0.2) is 0 Å². The molecule has 0 unspecified atom stereocenters. The minimum absolute atomic E-state index is 0.0622. The summed E-state index contributed by atoms with van der Waals surface area (Å²) >= 11 is 6.08. The number of rotatable bonds is 3. The summed E-state index contributed by atoms with van der Waals surface area (Å²) in [7, 11) is 0. The van der Waals surface area contributed by atoms with Gasteiger partial charge in [-0.3, -0.25) is 14.5 Å². The van der Waals surface area contributed by atoms with Gasteiger partial charge in [0, 0.05) is 16.3 Å². The summed E-state index contributed by atoms with van der Waals surface area (Å²) in [5, 5.41) is 11.3. The van der Waals surface area contributed by atoms with E-state index in [0.717, 1.165) is 0 Å². The number of aliphatic hydroxyl groups excluding tert-OH is 1. The molecule has 0 bridgehead atoms. The summed E-state index contributed by atoms with van der Waals surface area (Å²) in [6.07, 6.45) is 0. The van der Waals surface area contributed by atoms with Crippen LogP contribution in [0.5, 0.6) is 0 Å². The summed E-state index contributed by atoms with van der Waals surface area (Å²) < 4.78 is 13.5. The van der Waals surface area contributed by atoms with Crippen LogP contribution in [0, 0.1) is 5.82 Å². The van der Waals surface area contributed by atoms with Crippen molar-refractivity contribution in [2.45, 2.75) is 6.04 Å². The van der Waals surface area contributed by atoms with Crippen molar-refractivity contribution in [3.05, 3.63) is 106 Å². The zero-order valence-electron chi connectivity index (χ0n) is 15.0. The first-order valence-corrected chi connectivity index (χ1v) is 9.22. The Morgan fingerprint density at radius 1 is 0.931 bits per heavy atom. The minimum Gasteiger partial charge on any atom is -0.507 e. The van der Waals surface area contributed by atoms with E-state index in [1.165, 1.54) is 29.2 Å². The van der Waals surface area contributed by atoms with Crippen molar-refractivity contribution >= 4 is 34.7 Å². The molecule has 0 saturated carbocycles. The summed E-state index contributed by atoms with van der Waals surface area (Å²) in [4.78, 5) is 27.1. The highest BCUT2D eigenvalue weighted by molar-refractivity contribution is 6.51. The molecule has 1 amide bonds. The van der Waals surface area contributed by atoms with Gasteiger partial charge in [-0.05, 0) is 35.9 Å². The number of anilines is 1. The van der Waals surface area contributed by atoms with Crippen LogP contribution in [0.3, 0.4) is 0 Å². The van der Waals surface area contributed by atoms with Crippen molar-refractivity contribution in [3.63, 3.8) is 0 Å². The second kappa shape index (κ2) is 7.53. The van der Waals surface area contributed by atoms with E-state index in [9.17, 15) is 19.1 Å². The largest absolute Gasteiger partial charge is 0.507 e. The van der Waals surface area contributed by atoms with Crippen molar-refractivity contribution in [1.82, 2.24) is 0 Å². The van der Waals surface area contributed by atoms with Crippen molar-refractivity contribution in [2.24, 2.45) is 0 Å². The zero-order chi connectivity index (χ0) is 20.5. The number of carbonyl (C=O) groups excluding carboxylic acids is 2. The highest BCUT2D eigenvalue weighted by Gasteiger charge is 2.46. The Labute approximate surface area is 171 Å². The SMILES string of the molecule is O=C1C(=O)N(c2cccc(Cl)c2)[C@H](c2ccc(F)cc2)/C1=C(\O)c1ccccc1. The Balaban J connectivity index is 1.96. The van der Waals surface area contributed by atoms with E-state index in [-0.39, 0.29) is 11.3 Å². The van der Waals surface area contributed by atoms with Crippen LogP contribution in [0.4, 0.5) is 10.1 Å². The Bertz CT molecular complexity index is 1130. The number of benzene rings is 3. The van der Waals surface area contributed by atoms with Gasteiger partial charge in [0.25, 0.3) is 11.7 Å². The quantitative estimate of drug-likeness (QED) is 0.373. The molecule has 0 spiro atoms. The number of carbonyl (C=O) groups is 2. The second-order valence-corrected chi connectivity index (χ2v) is 7.00. The lowest BCUT2D eigenvalue weighted by molar-refractivity contribution is -0.132. The van der Waals surface area contributed by atoms with Gasteiger partial charge in [0.1, 0.15) is 11.6 Å². The molecule has 1 fully saturated rings. The molecule has 3 aromatic carbocycles. The molecule has 4 rings (SSSR count). The molecule has 1 atom stereocenters. The van der Waals surface area contributed by atoms with Gasteiger partial charge in [-0.15, -0.1) is 0 Å². The molecule has 6 heteroatoms. The molecular formula is C23H15ClFNO3. The second-order valence-electron chi connectivity index (χ2n) is 6.57. The van der Waals surface area contributed by atoms with Crippen molar-refractivity contribution in [3.8, 4) is 0 Å². The Morgan fingerprint density at radius 3 is 2.28 bits per heavy atom. The maximum Gasteiger partial charge on any atom is 0.300 e. The molecule has 1 aliphatic rings. The van der Waals surface area contributed by atoms with Crippen LogP contribution < -0.4 is 4.90 Å². The third-order valence-electron chi connectivity index (χ3n) is 4.76. The maximum absolute atomic E-state index is 13.5. The van der Waals surface area contributed by atoms with Crippen LogP contribution in [0.25, 0.3) is 5.76 Å². The molecule has 1 saturated heterocycles. The number of ketones is 1. The van der Waals surface area contributed by atoms with Crippen molar-refractivity contribution in [2.75, 3.05) is 4.90 Å². The van der Waals surface area contributed by atoms with E-state index in [0.29, 0.717) is 21.8 Å². The third kappa shape index (κ3) is 3.41. The smallest absolute Gasteiger partial charge is 0.300 e. The summed E-state index contributed by atoms with van der Waals surface area (Å²) in [6, 6.07) is 19.6. The molecule has 4 nitrogen and oxygen atoms in total.